The third kappa shape index (κ3) is 4.86. The number of nitrogens with zero attached hydrogens (tertiary/aromatic N) is 3. The van der Waals surface area contributed by atoms with Gasteiger partial charge in [0.25, 0.3) is 5.91 Å². The molecule has 8 heteroatoms. The van der Waals surface area contributed by atoms with Gasteiger partial charge in [0, 0.05) is 22.2 Å². The maximum atomic E-state index is 12.8. The molecule has 0 radical (unpaired) electrons. The van der Waals surface area contributed by atoms with Crippen molar-refractivity contribution in [2.24, 2.45) is 0 Å². The molecule has 4 aromatic rings. The highest BCUT2D eigenvalue weighted by atomic mass is 35.5. The van der Waals surface area contributed by atoms with E-state index in [0.717, 1.165) is 5.39 Å². The first-order valence-electron chi connectivity index (χ1n) is 9.74. The van der Waals surface area contributed by atoms with Crippen molar-refractivity contribution in [2.75, 3.05) is 0 Å². The standard InChI is InChI=1S/C24H18Cl2N4O2/c1-24(14-27,15-30-13-17-11-18(25)12-21(26)22(17)29-30)28-23(31)16-7-9-20(10-8-16)32-19-5-3-2-4-6-19/h2-13H,15H2,1H3,(H,28,31). The van der Waals surface area contributed by atoms with Crippen molar-refractivity contribution in [3.05, 3.63) is 88.5 Å². The third-order valence-corrected chi connectivity index (χ3v) is 5.29. The molecule has 1 aromatic heterocycles. The van der Waals surface area contributed by atoms with Crippen LogP contribution in [-0.4, -0.2) is 21.2 Å². The van der Waals surface area contributed by atoms with E-state index in [4.69, 9.17) is 27.9 Å². The summed E-state index contributed by atoms with van der Waals surface area (Å²) >= 11 is 12.3. The van der Waals surface area contributed by atoms with Crippen LogP contribution < -0.4 is 10.1 Å². The minimum absolute atomic E-state index is 0.132. The Kier molecular flexibility index (Phi) is 6.04. The number of hydrogen-bond acceptors (Lipinski definition) is 4. The van der Waals surface area contributed by atoms with Gasteiger partial charge in [0.15, 0.2) is 0 Å². The van der Waals surface area contributed by atoms with Gasteiger partial charge in [-0.15, -0.1) is 0 Å². The molecule has 0 spiro atoms. The van der Waals surface area contributed by atoms with Crippen LogP contribution in [0.1, 0.15) is 17.3 Å². The number of aromatic nitrogens is 2. The molecule has 0 bridgehead atoms. The highest BCUT2D eigenvalue weighted by Crippen LogP contribution is 2.27. The van der Waals surface area contributed by atoms with E-state index in [9.17, 15) is 10.1 Å². The van der Waals surface area contributed by atoms with Crippen LogP contribution in [0.3, 0.4) is 0 Å². The number of carbonyl (C=O) groups is 1. The highest BCUT2D eigenvalue weighted by molar-refractivity contribution is 6.38. The van der Waals surface area contributed by atoms with Crippen molar-refractivity contribution in [2.45, 2.75) is 19.0 Å². The molecule has 3 aromatic carbocycles. The SMILES string of the molecule is CC(C#N)(Cn1cc2cc(Cl)cc(Cl)c2n1)NC(=O)c1ccc(Oc2ccccc2)cc1. The second kappa shape index (κ2) is 8.91. The molecule has 0 saturated carbocycles. The lowest BCUT2D eigenvalue weighted by Crippen LogP contribution is -2.48. The number of benzene rings is 3. The lowest BCUT2D eigenvalue weighted by atomic mass is 10.0. The maximum Gasteiger partial charge on any atom is 0.252 e. The van der Waals surface area contributed by atoms with E-state index in [1.165, 1.54) is 0 Å². The summed E-state index contributed by atoms with van der Waals surface area (Å²) in [5.41, 5.74) is -0.210. The van der Waals surface area contributed by atoms with E-state index >= 15 is 0 Å². The Labute approximate surface area is 194 Å². The number of ether oxygens (including phenoxy) is 1. The van der Waals surface area contributed by atoms with Gasteiger partial charge in [-0.2, -0.15) is 10.4 Å². The molecule has 1 amide bonds. The van der Waals surface area contributed by atoms with Gasteiger partial charge in [-0.25, -0.2) is 0 Å². The van der Waals surface area contributed by atoms with E-state index < -0.39 is 5.54 Å². The van der Waals surface area contributed by atoms with Crippen molar-refractivity contribution in [1.82, 2.24) is 15.1 Å². The van der Waals surface area contributed by atoms with Crippen molar-refractivity contribution >= 4 is 40.0 Å². The predicted molar refractivity (Wildman–Crippen MR) is 124 cm³/mol. The Hall–Kier alpha value is -3.53. The molecule has 0 fully saturated rings. The fraction of sp³-hybridized carbons (Fsp3) is 0.125. The molecule has 1 heterocycles. The van der Waals surface area contributed by atoms with Gasteiger partial charge in [0.1, 0.15) is 22.6 Å². The van der Waals surface area contributed by atoms with Gasteiger partial charge < -0.3 is 10.1 Å². The molecule has 1 atom stereocenters. The van der Waals surface area contributed by atoms with E-state index in [1.54, 1.807) is 54.2 Å². The second-order valence-electron chi connectivity index (χ2n) is 7.49. The average Bonchev–Trinajstić information content (AvgIpc) is 3.17. The number of amides is 1. The van der Waals surface area contributed by atoms with Crippen LogP contribution in [0, 0.1) is 11.3 Å². The van der Waals surface area contributed by atoms with Crippen molar-refractivity contribution in [1.29, 1.82) is 5.26 Å². The van der Waals surface area contributed by atoms with Gasteiger partial charge in [-0.1, -0.05) is 41.4 Å². The summed E-state index contributed by atoms with van der Waals surface area (Å²) in [7, 11) is 0. The smallest absolute Gasteiger partial charge is 0.252 e. The Morgan fingerprint density at radius 3 is 2.50 bits per heavy atom. The van der Waals surface area contributed by atoms with Gasteiger partial charge in [0.05, 0.1) is 17.6 Å². The van der Waals surface area contributed by atoms with Crippen LogP contribution in [0.5, 0.6) is 11.5 Å². The third-order valence-electron chi connectivity index (χ3n) is 4.78. The minimum Gasteiger partial charge on any atom is -0.457 e. The Bertz CT molecular complexity index is 1310. The summed E-state index contributed by atoms with van der Waals surface area (Å²) in [4.78, 5) is 12.8. The summed E-state index contributed by atoms with van der Waals surface area (Å²) in [6.45, 7) is 1.77. The molecule has 6 nitrogen and oxygen atoms in total. The molecule has 0 aliphatic rings. The van der Waals surface area contributed by atoms with Gasteiger partial charge >= 0.3 is 0 Å². The van der Waals surface area contributed by atoms with E-state index in [-0.39, 0.29) is 12.5 Å². The number of halogens is 2. The van der Waals surface area contributed by atoms with Crippen LogP contribution in [0.15, 0.2) is 72.9 Å². The minimum atomic E-state index is -1.20. The topological polar surface area (TPSA) is 79.9 Å². The van der Waals surface area contributed by atoms with Crippen molar-refractivity contribution in [3.63, 3.8) is 0 Å². The zero-order valence-corrected chi connectivity index (χ0v) is 18.6. The highest BCUT2D eigenvalue weighted by Gasteiger charge is 2.28. The number of nitriles is 1. The largest absolute Gasteiger partial charge is 0.457 e. The van der Waals surface area contributed by atoms with Crippen LogP contribution in [0.25, 0.3) is 10.9 Å². The van der Waals surface area contributed by atoms with Gasteiger partial charge in [-0.05, 0) is 55.5 Å². The molecular formula is C24H18Cl2N4O2. The molecule has 160 valence electrons. The molecule has 0 aliphatic heterocycles. The summed E-state index contributed by atoms with van der Waals surface area (Å²) in [6.07, 6.45) is 1.74. The predicted octanol–water partition coefficient (Wildman–Crippen LogP) is 5.85. The quantitative estimate of drug-likeness (QED) is 0.388. The fourth-order valence-corrected chi connectivity index (χ4v) is 3.78. The van der Waals surface area contributed by atoms with Gasteiger partial charge in [-0.3, -0.25) is 9.48 Å². The monoisotopic (exact) mass is 464 g/mol. The molecule has 1 N–H and O–H groups in total. The summed E-state index contributed by atoms with van der Waals surface area (Å²) in [5.74, 6) is 0.933. The molecule has 0 saturated heterocycles. The Balaban J connectivity index is 1.47. The molecule has 4 rings (SSSR count). The number of fused-ring (bicyclic) bond motifs is 1. The number of carbonyl (C=O) groups excluding carboxylic acids is 1. The summed E-state index contributed by atoms with van der Waals surface area (Å²) in [6, 6.07) is 21.6. The first kappa shape index (κ1) is 21.7. The zero-order valence-electron chi connectivity index (χ0n) is 17.0. The van der Waals surface area contributed by atoms with Crippen LogP contribution in [-0.2, 0) is 6.54 Å². The second-order valence-corrected chi connectivity index (χ2v) is 8.33. The molecule has 1 unspecified atom stereocenters. The first-order chi connectivity index (χ1) is 15.3. The van der Waals surface area contributed by atoms with Crippen molar-refractivity contribution < 1.29 is 9.53 Å². The number of hydrogen-bond donors (Lipinski definition) is 1. The molecule has 32 heavy (non-hydrogen) atoms. The number of rotatable bonds is 6. The lowest BCUT2D eigenvalue weighted by Gasteiger charge is -2.23. The van der Waals surface area contributed by atoms with E-state index in [2.05, 4.69) is 16.5 Å². The van der Waals surface area contributed by atoms with Crippen LogP contribution in [0.4, 0.5) is 0 Å². The van der Waals surface area contributed by atoms with E-state index in [0.29, 0.717) is 32.6 Å². The average molecular weight is 465 g/mol. The zero-order chi connectivity index (χ0) is 22.7. The summed E-state index contributed by atoms with van der Waals surface area (Å²) < 4.78 is 7.32. The van der Waals surface area contributed by atoms with Crippen LogP contribution >= 0.6 is 23.2 Å². The Morgan fingerprint density at radius 2 is 1.81 bits per heavy atom. The van der Waals surface area contributed by atoms with Crippen molar-refractivity contribution in [3.8, 4) is 17.6 Å². The normalized spacial score (nSPS) is 12.7. The Morgan fingerprint density at radius 1 is 1.12 bits per heavy atom. The van der Waals surface area contributed by atoms with Gasteiger partial charge in [0.2, 0.25) is 0 Å². The summed E-state index contributed by atoms with van der Waals surface area (Å²) in [5, 5.41) is 18.6. The maximum absolute atomic E-state index is 12.8. The number of nitrogens with one attached hydrogen (secondary N) is 1. The van der Waals surface area contributed by atoms with Crippen LogP contribution in [0.2, 0.25) is 10.0 Å². The van der Waals surface area contributed by atoms with E-state index in [1.807, 2.05) is 30.3 Å². The lowest BCUT2D eigenvalue weighted by molar-refractivity contribution is 0.0917. The fourth-order valence-electron chi connectivity index (χ4n) is 3.24. The molecule has 0 aliphatic carbocycles. The first-order valence-corrected chi connectivity index (χ1v) is 10.5. The number of para-hydroxylation sites is 1. The molecular weight excluding hydrogens is 447 g/mol.